The van der Waals surface area contributed by atoms with E-state index in [1.165, 1.54) is 18.3 Å². The Hall–Kier alpha value is -5.41. The molecule has 1 spiro atoms. The van der Waals surface area contributed by atoms with E-state index in [1.54, 1.807) is 23.6 Å². The number of aromatic nitrogens is 2. The number of nitrogens with one attached hydrogen (secondary N) is 2. The molecule has 2 heterocycles. The number of pyridine rings is 1. The molecule has 1 amide bonds. The van der Waals surface area contributed by atoms with Gasteiger partial charge in [0.05, 0.1) is 39.1 Å². The fourth-order valence-corrected chi connectivity index (χ4v) is 8.08. The second-order valence-electron chi connectivity index (χ2n) is 11.1. The number of phenolic OH excluding ortho intramolecular Hbond substituents is 1. The van der Waals surface area contributed by atoms with Crippen LogP contribution in [0.25, 0.3) is 34.4 Å². The first-order valence-electron chi connectivity index (χ1n) is 13.9. The van der Waals surface area contributed by atoms with Crippen LogP contribution in [0.2, 0.25) is 0 Å². The molecule has 0 radical (unpaired) electrons. The van der Waals surface area contributed by atoms with Crippen molar-refractivity contribution in [1.82, 2.24) is 9.97 Å². The number of benzene rings is 1. The maximum atomic E-state index is 13.7. The summed E-state index contributed by atoms with van der Waals surface area (Å²) in [5, 5.41) is 36.9. The highest BCUT2D eigenvalue weighted by molar-refractivity contribution is 9.10. The van der Waals surface area contributed by atoms with E-state index in [9.17, 15) is 44.1 Å². The summed E-state index contributed by atoms with van der Waals surface area (Å²) in [5.74, 6) is -2.90. The van der Waals surface area contributed by atoms with E-state index in [0.29, 0.717) is 31.9 Å². The standard InChI is InChI=1S/C32H20BrN3O10S/c1-10(37)34-31-36-12(9-47-31)4-3-11-7-14-17(30(45)35-11)27(42)22-13(23(14)33)5-6-32(22)28(43)20-21(29(32)44)26(41)19-18(25(20)40)15(38)8-16(46-2)24(19)39/h3-4,7-9,42-44H,5-6H2,1-2H3,(H,35,45)(H,34,36,37)/b4-3+/t32-/m0/s1. The van der Waals surface area contributed by atoms with Gasteiger partial charge in [-0.15, -0.1) is 11.3 Å². The first-order chi connectivity index (χ1) is 22.3. The Balaban J connectivity index is 1.47. The van der Waals surface area contributed by atoms with Gasteiger partial charge in [0.1, 0.15) is 22.7 Å². The number of methoxy groups -OCH3 is 1. The number of aliphatic hydroxyl groups is 2. The largest absolute Gasteiger partial charge is 0.510 e. The van der Waals surface area contributed by atoms with Crippen LogP contribution in [0.4, 0.5) is 5.13 Å². The van der Waals surface area contributed by atoms with Gasteiger partial charge in [0.15, 0.2) is 16.3 Å². The molecule has 47 heavy (non-hydrogen) atoms. The van der Waals surface area contributed by atoms with Crippen molar-refractivity contribution in [2.24, 2.45) is 0 Å². The summed E-state index contributed by atoms with van der Waals surface area (Å²) < 4.78 is 5.27. The number of anilines is 1. The number of aromatic amines is 1. The zero-order valence-electron chi connectivity index (χ0n) is 24.2. The van der Waals surface area contributed by atoms with Gasteiger partial charge < -0.3 is 30.4 Å². The van der Waals surface area contributed by atoms with Gasteiger partial charge in [0, 0.05) is 39.5 Å². The highest BCUT2D eigenvalue weighted by Gasteiger charge is 2.53. The van der Waals surface area contributed by atoms with Gasteiger partial charge in [0.25, 0.3) is 5.56 Å². The summed E-state index contributed by atoms with van der Waals surface area (Å²) in [6.07, 6.45) is 3.18. The number of fused-ring (bicyclic) bond motifs is 4. The maximum absolute atomic E-state index is 13.7. The summed E-state index contributed by atoms with van der Waals surface area (Å²) in [6, 6.07) is 2.37. The number of carbonyl (C=O) groups excluding carboxylic acids is 1. The van der Waals surface area contributed by atoms with E-state index in [4.69, 9.17) is 4.74 Å². The SMILES string of the molecule is COc1cc(=O)c2c(=O)c3c(c(=O)c=2c1=O)=C(O)[C@]1(CCc2c1c(O)c1c(=O)[nH]c(/C=C/c4csc(NC(C)=O)n4)cc1c2Br)C=3O. The first-order valence-corrected chi connectivity index (χ1v) is 15.6. The number of ether oxygens (including phenoxy) is 1. The number of amides is 1. The van der Waals surface area contributed by atoms with Gasteiger partial charge >= 0.3 is 0 Å². The molecule has 0 unspecified atom stereocenters. The minimum Gasteiger partial charge on any atom is -0.510 e. The molecule has 0 fully saturated rings. The quantitative estimate of drug-likeness (QED) is 0.176. The van der Waals surface area contributed by atoms with Crippen LogP contribution in [0.3, 0.4) is 0 Å². The van der Waals surface area contributed by atoms with Gasteiger partial charge in [-0.05, 0) is 52.6 Å². The lowest BCUT2D eigenvalue weighted by Gasteiger charge is -2.27. The number of thiazole rings is 1. The third kappa shape index (κ3) is 4.02. The molecule has 4 aliphatic rings. The van der Waals surface area contributed by atoms with Crippen molar-refractivity contribution in [3.8, 4) is 11.5 Å². The predicted octanol–water partition coefficient (Wildman–Crippen LogP) is 0.861. The molecule has 13 nitrogen and oxygen atoms in total. The summed E-state index contributed by atoms with van der Waals surface area (Å²) in [5.41, 5.74) is -5.88. The van der Waals surface area contributed by atoms with Crippen LogP contribution in [-0.4, -0.2) is 38.3 Å². The lowest BCUT2D eigenvalue weighted by atomic mass is 9.78. The number of aromatic hydroxyl groups is 1. The topological polar surface area (TPSA) is 213 Å². The Kier molecular flexibility index (Phi) is 6.63. The van der Waals surface area contributed by atoms with E-state index in [2.05, 4.69) is 31.2 Å². The monoisotopic (exact) mass is 717 g/mol. The highest BCUT2D eigenvalue weighted by atomic mass is 79.9. The van der Waals surface area contributed by atoms with E-state index in [-0.39, 0.29) is 29.7 Å². The molecule has 1 atom stereocenters. The molecule has 0 bridgehead atoms. The first kappa shape index (κ1) is 30.3. The highest BCUT2D eigenvalue weighted by Crippen LogP contribution is 2.56. The van der Waals surface area contributed by atoms with E-state index in [1.807, 2.05) is 0 Å². The van der Waals surface area contributed by atoms with Crippen molar-refractivity contribution in [2.75, 3.05) is 12.4 Å². The molecule has 0 aliphatic heterocycles. The molecule has 2 aromatic heterocycles. The van der Waals surface area contributed by atoms with Gasteiger partial charge in [-0.25, -0.2) is 4.98 Å². The van der Waals surface area contributed by atoms with Crippen LogP contribution in [0.15, 0.2) is 46.0 Å². The number of hydrogen-bond donors (Lipinski definition) is 5. The number of carbonyl (C=O) groups is 1. The molecule has 0 saturated heterocycles. The number of aliphatic hydroxyl groups excluding tert-OH is 2. The molecule has 1 aromatic carbocycles. The smallest absolute Gasteiger partial charge is 0.260 e. The molecular formula is C32H20BrN3O10S. The average Bonchev–Trinajstić information content (AvgIpc) is 3.70. The van der Waals surface area contributed by atoms with Crippen LogP contribution in [0.5, 0.6) is 11.5 Å². The number of rotatable bonds is 4. The lowest BCUT2D eigenvalue weighted by Crippen LogP contribution is -2.51. The molecule has 5 N–H and O–H groups in total. The molecular weight excluding hydrogens is 698 g/mol. The molecule has 3 aromatic rings. The predicted molar refractivity (Wildman–Crippen MR) is 176 cm³/mol. The number of nitrogens with zero attached hydrogens (tertiary/aromatic N) is 1. The molecule has 0 saturated carbocycles. The third-order valence-corrected chi connectivity index (χ3v) is 10.3. The number of H-pyrrole nitrogens is 1. The minimum absolute atomic E-state index is 0.102. The average molecular weight is 718 g/mol. The maximum Gasteiger partial charge on any atom is 0.260 e. The van der Waals surface area contributed by atoms with Gasteiger partial charge in [-0.3, -0.25) is 28.8 Å². The van der Waals surface area contributed by atoms with Crippen molar-refractivity contribution >= 4 is 72.7 Å². The van der Waals surface area contributed by atoms with Crippen LogP contribution in [0.1, 0.15) is 35.9 Å². The van der Waals surface area contributed by atoms with Crippen LogP contribution in [-0.2, 0) is 16.6 Å². The summed E-state index contributed by atoms with van der Waals surface area (Å²) >= 11 is 4.74. The fraction of sp³-hybridized carbons (Fsp3) is 0.156. The Morgan fingerprint density at radius 2 is 1.70 bits per heavy atom. The van der Waals surface area contributed by atoms with E-state index >= 15 is 0 Å². The normalized spacial score (nSPS) is 16.9. The Labute approximate surface area is 272 Å². The van der Waals surface area contributed by atoms with Crippen LogP contribution < -0.4 is 47.8 Å². The van der Waals surface area contributed by atoms with Gasteiger partial charge in [-0.2, -0.15) is 0 Å². The Bertz CT molecular complexity index is 2800. The van der Waals surface area contributed by atoms with Crippen LogP contribution >= 0.6 is 27.3 Å². The van der Waals surface area contributed by atoms with Crippen molar-refractivity contribution in [1.29, 1.82) is 0 Å². The molecule has 4 aliphatic carbocycles. The van der Waals surface area contributed by atoms with E-state index in [0.717, 1.165) is 13.2 Å². The molecule has 236 valence electrons. The van der Waals surface area contributed by atoms with Gasteiger partial charge in [-0.1, -0.05) is 0 Å². The number of hydrogen-bond acceptors (Lipinski definition) is 12. The number of halogens is 1. The zero-order valence-corrected chi connectivity index (χ0v) is 26.6. The number of phenols is 1. The Morgan fingerprint density at radius 1 is 1.02 bits per heavy atom. The third-order valence-electron chi connectivity index (χ3n) is 8.62. The van der Waals surface area contributed by atoms with Crippen molar-refractivity contribution in [3.63, 3.8) is 0 Å². The van der Waals surface area contributed by atoms with Crippen molar-refractivity contribution in [3.05, 3.63) is 117 Å². The fourth-order valence-electron chi connectivity index (χ4n) is 6.65. The second-order valence-corrected chi connectivity index (χ2v) is 12.8. The lowest BCUT2D eigenvalue weighted by molar-refractivity contribution is -0.114. The van der Waals surface area contributed by atoms with Crippen molar-refractivity contribution < 1.29 is 24.9 Å². The molecule has 7 rings (SSSR count). The second kappa shape index (κ2) is 10.3. The zero-order chi connectivity index (χ0) is 33.7. The van der Waals surface area contributed by atoms with Crippen LogP contribution in [0, 0.1) is 10.4 Å². The molecule has 15 heteroatoms. The summed E-state index contributed by atoms with van der Waals surface area (Å²) in [6.45, 7) is 1.36. The Morgan fingerprint density at radius 3 is 2.36 bits per heavy atom. The van der Waals surface area contributed by atoms with Crippen molar-refractivity contribution in [2.45, 2.75) is 25.2 Å². The van der Waals surface area contributed by atoms with Gasteiger partial charge in [0.2, 0.25) is 22.2 Å². The van der Waals surface area contributed by atoms with E-state index < -0.39 is 76.6 Å². The minimum atomic E-state index is -2.02. The summed E-state index contributed by atoms with van der Waals surface area (Å²) in [4.78, 5) is 84.8. The summed E-state index contributed by atoms with van der Waals surface area (Å²) in [7, 11) is 1.11.